The monoisotopic (exact) mass is 311 g/mol. The van der Waals surface area contributed by atoms with E-state index in [2.05, 4.69) is 17.3 Å². The van der Waals surface area contributed by atoms with E-state index < -0.39 is 6.04 Å². The fourth-order valence-corrected chi connectivity index (χ4v) is 3.36. The molecule has 0 radical (unpaired) electrons. The number of esters is 1. The molecule has 2 fully saturated rings. The van der Waals surface area contributed by atoms with E-state index in [4.69, 9.17) is 4.74 Å². The predicted octanol–water partition coefficient (Wildman–Crippen LogP) is 1.46. The van der Waals surface area contributed by atoms with Crippen LogP contribution in [-0.4, -0.2) is 68.2 Å². The maximum atomic E-state index is 12.4. The van der Waals surface area contributed by atoms with Gasteiger partial charge in [-0.25, -0.2) is 9.59 Å². The summed E-state index contributed by atoms with van der Waals surface area (Å²) in [4.78, 5) is 28.3. The molecule has 22 heavy (non-hydrogen) atoms. The third-order valence-electron chi connectivity index (χ3n) is 4.87. The van der Waals surface area contributed by atoms with E-state index in [-0.39, 0.29) is 12.0 Å². The normalized spacial score (nSPS) is 22.2. The highest BCUT2D eigenvalue weighted by Crippen LogP contribution is 2.27. The Morgan fingerprint density at radius 2 is 1.77 bits per heavy atom. The lowest BCUT2D eigenvalue weighted by Crippen LogP contribution is -2.54. The minimum Gasteiger partial charge on any atom is -0.467 e. The lowest BCUT2D eigenvalue weighted by molar-refractivity contribution is -0.143. The first-order valence-corrected chi connectivity index (χ1v) is 8.42. The lowest BCUT2D eigenvalue weighted by Gasteiger charge is -2.34. The summed E-state index contributed by atoms with van der Waals surface area (Å²) in [6.07, 6.45) is 6.74. The van der Waals surface area contributed by atoms with Crippen LogP contribution in [0.25, 0.3) is 0 Å². The van der Waals surface area contributed by atoms with Gasteiger partial charge < -0.3 is 19.9 Å². The predicted molar refractivity (Wildman–Crippen MR) is 84.6 cm³/mol. The molecule has 2 aliphatic rings. The molecule has 1 aliphatic carbocycles. The Bertz CT molecular complexity index is 375. The molecule has 0 aromatic rings. The summed E-state index contributed by atoms with van der Waals surface area (Å²) in [5.74, 6) is 0.193. The Morgan fingerprint density at radius 1 is 1.14 bits per heavy atom. The zero-order chi connectivity index (χ0) is 15.9. The van der Waals surface area contributed by atoms with Crippen LogP contribution in [0.2, 0.25) is 0 Å². The number of hydrogen-bond donors (Lipinski definition) is 1. The number of hydrogen-bond acceptors (Lipinski definition) is 4. The Balaban J connectivity index is 1.88. The van der Waals surface area contributed by atoms with Gasteiger partial charge >= 0.3 is 12.0 Å². The highest BCUT2D eigenvalue weighted by atomic mass is 16.5. The Kier molecular flexibility index (Phi) is 6.49. The van der Waals surface area contributed by atoms with E-state index in [1.54, 1.807) is 4.90 Å². The number of amides is 2. The molecule has 0 aromatic carbocycles. The molecule has 0 unspecified atom stereocenters. The zero-order valence-corrected chi connectivity index (χ0v) is 13.8. The summed E-state index contributed by atoms with van der Waals surface area (Å²) in [6.45, 7) is 3.16. The van der Waals surface area contributed by atoms with Crippen molar-refractivity contribution in [1.29, 1.82) is 0 Å². The van der Waals surface area contributed by atoms with Crippen molar-refractivity contribution in [2.45, 2.75) is 44.6 Å². The zero-order valence-electron chi connectivity index (χ0n) is 13.8. The third kappa shape index (κ3) is 4.87. The average Bonchev–Trinajstić information content (AvgIpc) is 2.55. The van der Waals surface area contributed by atoms with Crippen LogP contribution < -0.4 is 5.32 Å². The first kappa shape index (κ1) is 17.1. The van der Waals surface area contributed by atoms with Crippen molar-refractivity contribution in [2.24, 2.45) is 5.92 Å². The quantitative estimate of drug-likeness (QED) is 0.798. The van der Waals surface area contributed by atoms with Gasteiger partial charge in [0.05, 0.1) is 7.11 Å². The summed E-state index contributed by atoms with van der Waals surface area (Å²) in [7, 11) is 3.44. The van der Waals surface area contributed by atoms with Crippen LogP contribution in [0.3, 0.4) is 0 Å². The van der Waals surface area contributed by atoms with Gasteiger partial charge in [0, 0.05) is 26.2 Å². The average molecular weight is 311 g/mol. The van der Waals surface area contributed by atoms with Gasteiger partial charge in [-0.15, -0.1) is 0 Å². The molecule has 126 valence electrons. The van der Waals surface area contributed by atoms with Crippen molar-refractivity contribution in [3.63, 3.8) is 0 Å². The van der Waals surface area contributed by atoms with E-state index in [9.17, 15) is 9.59 Å². The number of nitrogens with one attached hydrogen (secondary N) is 1. The molecule has 0 aromatic heterocycles. The van der Waals surface area contributed by atoms with Crippen LogP contribution in [-0.2, 0) is 9.53 Å². The first-order chi connectivity index (χ1) is 10.6. The highest BCUT2D eigenvalue weighted by Gasteiger charge is 2.28. The number of ether oxygens (including phenoxy) is 1. The van der Waals surface area contributed by atoms with Crippen molar-refractivity contribution >= 4 is 12.0 Å². The van der Waals surface area contributed by atoms with Crippen LogP contribution in [0.15, 0.2) is 0 Å². The summed E-state index contributed by atoms with van der Waals surface area (Å²) in [6, 6.07) is -0.653. The van der Waals surface area contributed by atoms with E-state index >= 15 is 0 Å². The molecule has 6 nitrogen and oxygen atoms in total. The first-order valence-electron chi connectivity index (χ1n) is 8.42. The largest absolute Gasteiger partial charge is 0.467 e. The van der Waals surface area contributed by atoms with E-state index in [0.717, 1.165) is 25.9 Å². The topological polar surface area (TPSA) is 61.9 Å². The SMILES string of the molecule is COC(=O)[C@H](CC1CCCCC1)NC(=O)N1CCN(C)CC1. The molecule has 6 heteroatoms. The summed E-state index contributed by atoms with van der Waals surface area (Å²) < 4.78 is 4.88. The second kappa shape index (κ2) is 8.36. The van der Waals surface area contributed by atoms with E-state index in [1.807, 2.05) is 0 Å². The molecule has 2 amide bonds. The van der Waals surface area contributed by atoms with Crippen LogP contribution in [0.1, 0.15) is 38.5 Å². The third-order valence-corrected chi connectivity index (χ3v) is 4.87. The standard InChI is InChI=1S/C16H29N3O3/c1-18-8-10-19(11-9-18)16(21)17-14(15(20)22-2)12-13-6-4-3-5-7-13/h13-14H,3-12H2,1-2H3,(H,17,21)/t14-/m0/s1. The van der Waals surface area contributed by atoms with Crippen LogP contribution in [0.4, 0.5) is 4.79 Å². The fraction of sp³-hybridized carbons (Fsp3) is 0.875. The minimum atomic E-state index is -0.514. The number of carbonyl (C=O) groups excluding carboxylic acids is 2. The Hall–Kier alpha value is -1.30. The van der Waals surface area contributed by atoms with Gasteiger partial charge in [-0.3, -0.25) is 0 Å². The summed E-state index contributed by atoms with van der Waals surface area (Å²) in [5.41, 5.74) is 0. The van der Waals surface area contributed by atoms with Gasteiger partial charge in [-0.05, 0) is 19.4 Å². The smallest absolute Gasteiger partial charge is 0.328 e. The van der Waals surface area contributed by atoms with Gasteiger partial charge in [0.1, 0.15) is 6.04 Å². The van der Waals surface area contributed by atoms with Gasteiger partial charge in [0.2, 0.25) is 0 Å². The van der Waals surface area contributed by atoms with Crippen LogP contribution >= 0.6 is 0 Å². The lowest BCUT2D eigenvalue weighted by atomic mass is 9.85. The van der Waals surface area contributed by atoms with Crippen LogP contribution in [0.5, 0.6) is 0 Å². The van der Waals surface area contributed by atoms with Crippen LogP contribution in [0, 0.1) is 5.92 Å². The summed E-state index contributed by atoms with van der Waals surface area (Å²) in [5, 5.41) is 2.89. The summed E-state index contributed by atoms with van der Waals surface area (Å²) >= 11 is 0. The van der Waals surface area contributed by atoms with Crippen molar-refractivity contribution in [1.82, 2.24) is 15.1 Å². The number of carbonyl (C=O) groups is 2. The highest BCUT2D eigenvalue weighted by molar-refractivity contribution is 5.83. The van der Waals surface area contributed by atoms with Gasteiger partial charge in [0.15, 0.2) is 0 Å². The molecule has 1 atom stereocenters. The Morgan fingerprint density at radius 3 is 2.36 bits per heavy atom. The molecular formula is C16H29N3O3. The molecule has 0 spiro atoms. The Labute approximate surface area is 133 Å². The molecule has 0 bridgehead atoms. The molecule has 1 saturated carbocycles. The minimum absolute atomic E-state index is 0.140. The van der Waals surface area contributed by atoms with Gasteiger partial charge in [-0.2, -0.15) is 0 Å². The molecule has 2 rings (SSSR count). The van der Waals surface area contributed by atoms with E-state index in [0.29, 0.717) is 25.4 Å². The second-order valence-electron chi connectivity index (χ2n) is 6.56. The van der Waals surface area contributed by atoms with Gasteiger partial charge in [0.25, 0.3) is 0 Å². The molecule has 1 heterocycles. The molecule has 1 N–H and O–H groups in total. The van der Waals surface area contributed by atoms with Crippen molar-refractivity contribution in [3.8, 4) is 0 Å². The maximum Gasteiger partial charge on any atom is 0.328 e. The number of urea groups is 1. The maximum absolute atomic E-state index is 12.4. The second-order valence-corrected chi connectivity index (χ2v) is 6.56. The van der Waals surface area contributed by atoms with E-state index in [1.165, 1.54) is 26.4 Å². The number of rotatable bonds is 4. The van der Waals surface area contributed by atoms with Crippen molar-refractivity contribution in [2.75, 3.05) is 40.3 Å². The number of likely N-dealkylation sites (N-methyl/N-ethyl adjacent to an activating group) is 1. The molecule has 1 aliphatic heterocycles. The molecular weight excluding hydrogens is 282 g/mol. The fourth-order valence-electron chi connectivity index (χ4n) is 3.36. The van der Waals surface area contributed by atoms with Crippen molar-refractivity contribution in [3.05, 3.63) is 0 Å². The van der Waals surface area contributed by atoms with Crippen molar-refractivity contribution < 1.29 is 14.3 Å². The number of nitrogens with zero attached hydrogens (tertiary/aromatic N) is 2. The number of methoxy groups -OCH3 is 1. The number of piperazine rings is 1. The van der Waals surface area contributed by atoms with Gasteiger partial charge in [-0.1, -0.05) is 32.1 Å². The molecule has 1 saturated heterocycles.